The molecule has 1 fully saturated rings. The third-order valence-electron chi connectivity index (χ3n) is 3.14. The van der Waals surface area contributed by atoms with Crippen molar-refractivity contribution >= 4 is 38.4 Å². The zero-order chi connectivity index (χ0) is 11.8. The van der Waals surface area contributed by atoms with E-state index in [-0.39, 0.29) is 0 Å². The van der Waals surface area contributed by atoms with Gasteiger partial charge in [-0.25, -0.2) is 0 Å². The van der Waals surface area contributed by atoms with Gasteiger partial charge in [0.2, 0.25) is 0 Å². The number of nitrogens with zero attached hydrogens (tertiary/aromatic N) is 1. The van der Waals surface area contributed by atoms with Gasteiger partial charge in [0, 0.05) is 33.6 Å². The Hall–Kier alpha value is -0.640. The summed E-state index contributed by atoms with van der Waals surface area (Å²) in [6.45, 7) is 1.66. The molecule has 0 bridgehead atoms. The molecule has 0 spiro atoms. The van der Waals surface area contributed by atoms with Gasteiger partial charge in [-0.05, 0) is 30.2 Å². The summed E-state index contributed by atoms with van der Waals surface area (Å²) in [4.78, 5) is 4.48. The van der Waals surface area contributed by atoms with Gasteiger partial charge in [0.15, 0.2) is 0 Å². The molecule has 1 aliphatic heterocycles. The Balaban J connectivity index is 2.11. The maximum absolute atomic E-state index is 6.00. The van der Waals surface area contributed by atoms with Crippen LogP contribution in [0.25, 0.3) is 10.9 Å². The number of halogens is 2. The molecule has 17 heavy (non-hydrogen) atoms. The fourth-order valence-corrected chi connectivity index (χ4v) is 3.10. The van der Waals surface area contributed by atoms with Crippen molar-refractivity contribution in [3.05, 3.63) is 39.5 Å². The van der Waals surface area contributed by atoms with E-state index in [2.05, 4.69) is 27.0 Å². The van der Waals surface area contributed by atoms with Crippen molar-refractivity contribution in [3.8, 4) is 0 Å². The molecule has 4 heteroatoms. The number of pyridine rings is 1. The molecule has 1 atom stereocenters. The van der Waals surface area contributed by atoms with Gasteiger partial charge in [-0.15, -0.1) is 0 Å². The van der Waals surface area contributed by atoms with E-state index in [1.807, 2.05) is 18.3 Å². The molecular formula is C13H11BrClNO. The SMILES string of the molecule is Clc1cc(Br)c2cc(C3CCOC3)cnc2c1. The summed E-state index contributed by atoms with van der Waals surface area (Å²) >= 11 is 9.54. The zero-order valence-electron chi connectivity index (χ0n) is 9.12. The summed E-state index contributed by atoms with van der Waals surface area (Å²) in [6, 6.07) is 5.97. The normalized spacial score (nSPS) is 20.0. The number of benzene rings is 1. The summed E-state index contributed by atoms with van der Waals surface area (Å²) in [7, 11) is 0. The lowest BCUT2D eigenvalue weighted by Crippen LogP contribution is -1.98. The highest BCUT2D eigenvalue weighted by atomic mass is 79.9. The Morgan fingerprint density at radius 2 is 2.24 bits per heavy atom. The van der Waals surface area contributed by atoms with E-state index in [1.165, 1.54) is 5.56 Å². The number of hydrogen-bond acceptors (Lipinski definition) is 2. The third kappa shape index (κ3) is 2.19. The first-order valence-electron chi connectivity index (χ1n) is 5.56. The average molecular weight is 313 g/mol. The Bertz CT molecular complexity index is 567. The molecule has 0 aliphatic carbocycles. The van der Waals surface area contributed by atoms with Crippen molar-refractivity contribution in [3.63, 3.8) is 0 Å². The molecule has 3 rings (SSSR count). The van der Waals surface area contributed by atoms with Gasteiger partial charge in [-0.3, -0.25) is 4.98 Å². The van der Waals surface area contributed by atoms with Crippen molar-refractivity contribution in [2.24, 2.45) is 0 Å². The monoisotopic (exact) mass is 311 g/mol. The van der Waals surface area contributed by atoms with Gasteiger partial charge in [0.05, 0.1) is 12.1 Å². The van der Waals surface area contributed by atoms with E-state index in [4.69, 9.17) is 16.3 Å². The maximum atomic E-state index is 6.00. The molecule has 2 aromatic rings. The molecule has 1 aromatic carbocycles. The summed E-state index contributed by atoms with van der Waals surface area (Å²) in [5, 5.41) is 1.81. The van der Waals surface area contributed by atoms with Gasteiger partial charge in [0.25, 0.3) is 0 Å². The Morgan fingerprint density at radius 1 is 1.35 bits per heavy atom. The molecule has 0 saturated carbocycles. The fraction of sp³-hybridized carbons (Fsp3) is 0.308. The number of rotatable bonds is 1. The number of aromatic nitrogens is 1. The minimum Gasteiger partial charge on any atom is -0.381 e. The van der Waals surface area contributed by atoms with Gasteiger partial charge in [-0.2, -0.15) is 0 Å². The molecule has 88 valence electrons. The first-order valence-corrected chi connectivity index (χ1v) is 6.73. The Labute approximate surface area is 113 Å². The summed E-state index contributed by atoms with van der Waals surface area (Å²) < 4.78 is 6.41. The topological polar surface area (TPSA) is 22.1 Å². The van der Waals surface area contributed by atoms with Gasteiger partial charge in [0.1, 0.15) is 0 Å². The lowest BCUT2D eigenvalue weighted by molar-refractivity contribution is 0.194. The minimum absolute atomic E-state index is 0.481. The first-order chi connectivity index (χ1) is 8.24. The maximum Gasteiger partial charge on any atom is 0.0728 e. The predicted octanol–water partition coefficient (Wildman–Crippen LogP) is 4.15. The molecule has 2 heterocycles. The van der Waals surface area contributed by atoms with Crippen LogP contribution in [0.3, 0.4) is 0 Å². The van der Waals surface area contributed by atoms with Crippen LogP contribution in [-0.4, -0.2) is 18.2 Å². The van der Waals surface area contributed by atoms with Crippen LogP contribution in [0.5, 0.6) is 0 Å². The number of fused-ring (bicyclic) bond motifs is 1. The quantitative estimate of drug-likeness (QED) is 0.789. The van der Waals surface area contributed by atoms with E-state index in [0.717, 1.165) is 35.0 Å². The van der Waals surface area contributed by atoms with Gasteiger partial charge in [-0.1, -0.05) is 27.5 Å². The first kappa shape index (κ1) is 11.5. The van der Waals surface area contributed by atoms with E-state index >= 15 is 0 Å². The van der Waals surface area contributed by atoms with E-state index in [1.54, 1.807) is 0 Å². The number of hydrogen-bond donors (Lipinski definition) is 0. The molecule has 1 aliphatic rings. The Kier molecular flexibility index (Phi) is 3.07. The van der Waals surface area contributed by atoms with Crippen molar-refractivity contribution in [1.82, 2.24) is 4.98 Å². The minimum atomic E-state index is 0.481. The van der Waals surface area contributed by atoms with Crippen LogP contribution in [0.15, 0.2) is 28.9 Å². The lowest BCUT2D eigenvalue weighted by atomic mass is 9.99. The molecule has 2 nitrogen and oxygen atoms in total. The van der Waals surface area contributed by atoms with Crippen molar-refractivity contribution in [1.29, 1.82) is 0 Å². The molecule has 0 amide bonds. The predicted molar refractivity (Wildman–Crippen MR) is 72.6 cm³/mol. The lowest BCUT2D eigenvalue weighted by Gasteiger charge is -2.09. The third-order valence-corrected chi connectivity index (χ3v) is 4.01. The summed E-state index contributed by atoms with van der Waals surface area (Å²) in [5.41, 5.74) is 2.17. The molecule has 1 aromatic heterocycles. The highest BCUT2D eigenvalue weighted by molar-refractivity contribution is 9.10. The second-order valence-electron chi connectivity index (χ2n) is 4.28. The molecular weight excluding hydrogens is 302 g/mol. The second-order valence-corrected chi connectivity index (χ2v) is 5.57. The summed E-state index contributed by atoms with van der Waals surface area (Å²) in [5.74, 6) is 0.481. The van der Waals surface area contributed by atoms with Crippen molar-refractivity contribution in [2.45, 2.75) is 12.3 Å². The van der Waals surface area contributed by atoms with Crippen LogP contribution in [0.4, 0.5) is 0 Å². The zero-order valence-corrected chi connectivity index (χ0v) is 11.5. The van der Waals surface area contributed by atoms with E-state index in [0.29, 0.717) is 10.9 Å². The number of ether oxygens (including phenoxy) is 1. The highest BCUT2D eigenvalue weighted by Crippen LogP contribution is 2.31. The van der Waals surface area contributed by atoms with Crippen molar-refractivity contribution < 1.29 is 4.74 Å². The van der Waals surface area contributed by atoms with E-state index < -0.39 is 0 Å². The van der Waals surface area contributed by atoms with Gasteiger partial charge >= 0.3 is 0 Å². The highest BCUT2D eigenvalue weighted by Gasteiger charge is 2.18. The molecule has 0 radical (unpaired) electrons. The second kappa shape index (κ2) is 4.56. The van der Waals surface area contributed by atoms with Crippen molar-refractivity contribution in [2.75, 3.05) is 13.2 Å². The summed E-state index contributed by atoms with van der Waals surface area (Å²) in [6.07, 6.45) is 3.02. The molecule has 1 unspecified atom stereocenters. The van der Waals surface area contributed by atoms with Gasteiger partial charge < -0.3 is 4.74 Å². The van der Waals surface area contributed by atoms with Crippen LogP contribution < -0.4 is 0 Å². The van der Waals surface area contributed by atoms with Crippen LogP contribution in [-0.2, 0) is 4.74 Å². The smallest absolute Gasteiger partial charge is 0.0728 e. The largest absolute Gasteiger partial charge is 0.381 e. The fourth-order valence-electron chi connectivity index (χ4n) is 2.19. The van der Waals surface area contributed by atoms with E-state index in [9.17, 15) is 0 Å². The Morgan fingerprint density at radius 3 is 3.00 bits per heavy atom. The van der Waals surface area contributed by atoms with Crippen LogP contribution in [0.1, 0.15) is 17.9 Å². The van der Waals surface area contributed by atoms with Crippen LogP contribution in [0.2, 0.25) is 5.02 Å². The standard InChI is InChI=1S/C13H11BrClNO/c14-12-4-10(15)5-13-11(12)3-9(6-16-13)8-1-2-17-7-8/h3-6,8H,1-2,7H2. The average Bonchev–Trinajstić information content (AvgIpc) is 2.82. The van der Waals surface area contributed by atoms with Crippen LogP contribution >= 0.6 is 27.5 Å². The molecule has 1 saturated heterocycles. The van der Waals surface area contributed by atoms with Crippen LogP contribution in [0, 0.1) is 0 Å². The molecule has 0 N–H and O–H groups in total.